The van der Waals surface area contributed by atoms with Gasteiger partial charge in [0.05, 0.1) is 21.8 Å². The Hall–Kier alpha value is -4.05. The van der Waals surface area contributed by atoms with Gasteiger partial charge in [-0.05, 0) is 70.2 Å². The summed E-state index contributed by atoms with van der Waals surface area (Å²) in [6.07, 6.45) is 1.48. The van der Waals surface area contributed by atoms with Crippen LogP contribution in [0.2, 0.25) is 0 Å². The molecule has 2 aromatic heterocycles. The predicted octanol–water partition coefficient (Wildman–Crippen LogP) is 3.74. The van der Waals surface area contributed by atoms with E-state index >= 15 is 0 Å². The summed E-state index contributed by atoms with van der Waals surface area (Å²) in [4.78, 5) is 25.5. The Morgan fingerprint density at radius 2 is 1.56 bits per heavy atom. The number of aliphatic imine (C=N–C) groups is 1. The quantitative estimate of drug-likeness (QED) is 0.411. The molecule has 0 bridgehead atoms. The zero-order valence-corrected chi connectivity index (χ0v) is 20.0. The fraction of sp³-hybridized carbons (Fsp3) is 0.167. The first-order valence-corrected chi connectivity index (χ1v) is 12.0. The number of sulfonamides is 1. The number of hydrogen-bond donors (Lipinski definition) is 2. The molecule has 9 nitrogen and oxygen atoms in total. The summed E-state index contributed by atoms with van der Waals surface area (Å²) in [7, 11) is -3.86. The number of aromatic nitrogens is 4. The molecule has 174 valence electrons. The number of benzene rings is 2. The number of rotatable bonds is 6. The summed E-state index contributed by atoms with van der Waals surface area (Å²) in [5.41, 5.74) is 4.53. The van der Waals surface area contributed by atoms with Crippen molar-refractivity contribution >= 4 is 27.9 Å². The van der Waals surface area contributed by atoms with E-state index in [0.717, 1.165) is 11.3 Å². The van der Waals surface area contributed by atoms with E-state index in [1.165, 1.54) is 23.0 Å². The normalized spacial score (nSPS) is 11.8. The standard InChI is InChI=1S/C24H24N6O3S/c1-15-5-9-20(10-6-15)30-23(31)22(18(4)28-30)14-25-19-7-11-21(12-8-19)34(32,33)29-24-26-16(2)13-17(3)27-24/h5-14,28H,1-4H3,(H,26,27,29). The summed E-state index contributed by atoms with van der Waals surface area (Å²) in [6.45, 7) is 7.31. The van der Waals surface area contributed by atoms with Gasteiger partial charge in [0.1, 0.15) is 0 Å². The SMILES string of the molecule is Cc1ccc(-n2[nH]c(C)c(C=Nc3ccc(S(=O)(=O)Nc4nc(C)cc(C)n4)cc3)c2=O)cc1. The lowest BCUT2D eigenvalue weighted by Gasteiger charge is -2.08. The maximum absolute atomic E-state index is 12.8. The van der Waals surface area contributed by atoms with E-state index in [-0.39, 0.29) is 16.4 Å². The van der Waals surface area contributed by atoms with Crippen LogP contribution in [0.3, 0.4) is 0 Å². The molecule has 0 saturated carbocycles. The minimum atomic E-state index is -3.86. The van der Waals surface area contributed by atoms with Crippen molar-refractivity contribution in [1.82, 2.24) is 19.7 Å². The number of hydrogen-bond acceptors (Lipinski definition) is 6. The Balaban J connectivity index is 1.54. The van der Waals surface area contributed by atoms with Crippen molar-refractivity contribution in [2.75, 3.05) is 4.72 Å². The van der Waals surface area contributed by atoms with E-state index in [9.17, 15) is 13.2 Å². The number of nitrogens with zero attached hydrogens (tertiary/aromatic N) is 4. The van der Waals surface area contributed by atoms with E-state index < -0.39 is 10.0 Å². The first kappa shape index (κ1) is 23.1. The molecular weight excluding hydrogens is 452 g/mol. The molecule has 0 saturated heterocycles. The zero-order valence-electron chi connectivity index (χ0n) is 19.2. The Bertz CT molecular complexity index is 1510. The zero-order chi connectivity index (χ0) is 24.5. The molecule has 2 N–H and O–H groups in total. The van der Waals surface area contributed by atoms with Gasteiger partial charge in [-0.2, -0.15) is 0 Å². The Morgan fingerprint density at radius 1 is 0.941 bits per heavy atom. The van der Waals surface area contributed by atoms with Crippen LogP contribution in [0.4, 0.5) is 11.6 Å². The van der Waals surface area contributed by atoms with Crippen molar-refractivity contribution in [2.45, 2.75) is 32.6 Å². The van der Waals surface area contributed by atoms with Crippen LogP contribution in [0.15, 0.2) is 69.3 Å². The molecule has 0 fully saturated rings. The van der Waals surface area contributed by atoms with Gasteiger partial charge >= 0.3 is 0 Å². The largest absolute Gasteiger partial charge is 0.295 e. The third kappa shape index (κ3) is 4.96. The van der Waals surface area contributed by atoms with Crippen LogP contribution in [0.25, 0.3) is 5.69 Å². The first-order chi connectivity index (χ1) is 16.1. The fourth-order valence-electron chi connectivity index (χ4n) is 3.39. The maximum Gasteiger partial charge on any atom is 0.280 e. The van der Waals surface area contributed by atoms with Crippen LogP contribution in [0.5, 0.6) is 0 Å². The number of H-pyrrole nitrogens is 1. The molecule has 0 aliphatic carbocycles. The van der Waals surface area contributed by atoms with Crippen molar-refractivity contribution in [3.8, 4) is 5.69 Å². The highest BCUT2D eigenvalue weighted by Gasteiger charge is 2.16. The van der Waals surface area contributed by atoms with Gasteiger partial charge in [-0.1, -0.05) is 17.7 Å². The molecule has 0 aliphatic heterocycles. The van der Waals surface area contributed by atoms with Crippen LogP contribution >= 0.6 is 0 Å². The van der Waals surface area contributed by atoms with Crippen molar-refractivity contribution in [1.29, 1.82) is 0 Å². The van der Waals surface area contributed by atoms with Gasteiger partial charge in [-0.25, -0.2) is 27.8 Å². The molecule has 0 spiro atoms. The summed E-state index contributed by atoms with van der Waals surface area (Å²) in [5, 5.41) is 3.06. The molecule has 4 aromatic rings. The van der Waals surface area contributed by atoms with Gasteiger partial charge in [0.15, 0.2) is 0 Å². The van der Waals surface area contributed by atoms with Gasteiger partial charge in [0, 0.05) is 23.3 Å². The summed E-state index contributed by atoms with van der Waals surface area (Å²) in [5.74, 6) is 0.0207. The Morgan fingerprint density at radius 3 is 2.18 bits per heavy atom. The van der Waals surface area contributed by atoms with Crippen molar-refractivity contribution in [2.24, 2.45) is 4.99 Å². The predicted molar refractivity (Wildman–Crippen MR) is 132 cm³/mol. The lowest BCUT2D eigenvalue weighted by molar-refractivity contribution is 0.601. The van der Waals surface area contributed by atoms with Crippen LogP contribution in [-0.4, -0.2) is 34.4 Å². The van der Waals surface area contributed by atoms with E-state index in [1.54, 1.807) is 39.0 Å². The number of aryl methyl sites for hydroxylation is 4. The van der Waals surface area contributed by atoms with Crippen LogP contribution in [-0.2, 0) is 10.0 Å². The fourth-order valence-corrected chi connectivity index (χ4v) is 4.33. The van der Waals surface area contributed by atoms with Gasteiger partial charge < -0.3 is 0 Å². The average Bonchev–Trinajstić information content (AvgIpc) is 3.05. The van der Waals surface area contributed by atoms with E-state index in [2.05, 4.69) is 24.8 Å². The molecule has 10 heteroatoms. The van der Waals surface area contributed by atoms with E-state index in [1.807, 2.05) is 31.2 Å². The van der Waals surface area contributed by atoms with E-state index in [4.69, 9.17) is 0 Å². The smallest absolute Gasteiger partial charge is 0.280 e. The maximum atomic E-state index is 12.8. The highest BCUT2D eigenvalue weighted by molar-refractivity contribution is 7.92. The minimum absolute atomic E-state index is 0.0207. The Kier molecular flexibility index (Phi) is 6.16. The minimum Gasteiger partial charge on any atom is -0.295 e. The van der Waals surface area contributed by atoms with E-state index in [0.29, 0.717) is 28.3 Å². The lowest BCUT2D eigenvalue weighted by atomic mass is 10.2. The molecule has 0 atom stereocenters. The van der Waals surface area contributed by atoms with Crippen LogP contribution in [0.1, 0.15) is 28.2 Å². The third-order valence-electron chi connectivity index (χ3n) is 5.11. The second kappa shape index (κ2) is 9.06. The molecular formula is C24H24N6O3S. The highest BCUT2D eigenvalue weighted by Crippen LogP contribution is 2.19. The second-order valence-corrected chi connectivity index (χ2v) is 9.64. The average molecular weight is 477 g/mol. The molecule has 4 rings (SSSR count). The molecule has 0 radical (unpaired) electrons. The van der Waals surface area contributed by atoms with Gasteiger partial charge in [-0.3, -0.25) is 14.9 Å². The molecule has 34 heavy (non-hydrogen) atoms. The van der Waals surface area contributed by atoms with Crippen LogP contribution in [0, 0.1) is 27.7 Å². The monoisotopic (exact) mass is 476 g/mol. The molecule has 0 unspecified atom stereocenters. The van der Waals surface area contributed by atoms with Gasteiger partial charge in [0.25, 0.3) is 15.6 Å². The Labute approximate surface area is 197 Å². The van der Waals surface area contributed by atoms with Crippen molar-refractivity contribution in [3.63, 3.8) is 0 Å². The number of aromatic amines is 1. The summed E-state index contributed by atoms with van der Waals surface area (Å²) < 4.78 is 29.2. The van der Waals surface area contributed by atoms with Crippen molar-refractivity contribution < 1.29 is 8.42 Å². The molecule has 2 aromatic carbocycles. The molecule has 2 heterocycles. The summed E-state index contributed by atoms with van der Waals surface area (Å²) >= 11 is 0. The first-order valence-electron chi connectivity index (χ1n) is 10.5. The van der Waals surface area contributed by atoms with Crippen LogP contribution < -0.4 is 10.3 Å². The second-order valence-electron chi connectivity index (χ2n) is 7.96. The molecule has 0 aliphatic rings. The highest BCUT2D eigenvalue weighted by atomic mass is 32.2. The lowest BCUT2D eigenvalue weighted by Crippen LogP contribution is -2.17. The summed E-state index contributed by atoms with van der Waals surface area (Å²) in [6, 6.07) is 15.4. The number of anilines is 1. The van der Waals surface area contributed by atoms with Gasteiger partial charge in [0.2, 0.25) is 5.95 Å². The number of nitrogens with one attached hydrogen (secondary N) is 2. The van der Waals surface area contributed by atoms with Crippen molar-refractivity contribution in [3.05, 3.63) is 93.2 Å². The molecule has 0 amide bonds. The topological polar surface area (TPSA) is 122 Å². The van der Waals surface area contributed by atoms with Gasteiger partial charge in [-0.15, -0.1) is 0 Å². The third-order valence-corrected chi connectivity index (χ3v) is 6.45.